The van der Waals surface area contributed by atoms with Gasteiger partial charge in [0, 0.05) is 20.6 Å². The highest BCUT2D eigenvalue weighted by Crippen LogP contribution is 2.38. The SMILES string of the molecule is CCC(=O)NC1(C(C)(OC)OC)CCCCCC1. The average molecular weight is 257 g/mol. The number of rotatable bonds is 5. The topological polar surface area (TPSA) is 47.6 Å². The summed E-state index contributed by atoms with van der Waals surface area (Å²) < 4.78 is 11.2. The molecule has 0 aromatic carbocycles. The summed E-state index contributed by atoms with van der Waals surface area (Å²) >= 11 is 0. The third kappa shape index (κ3) is 3.04. The van der Waals surface area contributed by atoms with E-state index in [0.29, 0.717) is 6.42 Å². The molecular formula is C14H27NO3. The fourth-order valence-electron chi connectivity index (χ4n) is 2.85. The van der Waals surface area contributed by atoms with E-state index in [-0.39, 0.29) is 5.91 Å². The number of ether oxygens (including phenoxy) is 2. The molecule has 1 rings (SSSR count). The summed E-state index contributed by atoms with van der Waals surface area (Å²) in [5, 5.41) is 3.18. The fraction of sp³-hybridized carbons (Fsp3) is 0.929. The van der Waals surface area contributed by atoms with E-state index in [1.807, 2.05) is 13.8 Å². The maximum Gasteiger partial charge on any atom is 0.220 e. The number of carbonyl (C=O) groups is 1. The molecule has 0 heterocycles. The third-order valence-corrected chi connectivity index (χ3v) is 4.31. The van der Waals surface area contributed by atoms with Gasteiger partial charge in [0.25, 0.3) is 0 Å². The van der Waals surface area contributed by atoms with Crippen LogP contribution in [0, 0.1) is 0 Å². The molecule has 1 amide bonds. The standard InChI is InChI=1S/C14H27NO3/c1-5-12(16)15-14(13(2,17-3)18-4)10-8-6-7-9-11-14/h5-11H2,1-4H3,(H,15,16). The second kappa shape index (κ2) is 6.53. The van der Waals surface area contributed by atoms with Crippen LogP contribution in [0.15, 0.2) is 0 Å². The van der Waals surface area contributed by atoms with Crippen molar-refractivity contribution in [1.29, 1.82) is 0 Å². The number of amides is 1. The summed E-state index contributed by atoms with van der Waals surface area (Å²) in [6.07, 6.45) is 6.96. The molecule has 0 aliphatic heterocycles. The molecule has 1 aliphatic carbocycles. The van der Waals surface area contributed by atoms with Crippen LogP contribution in [0.1, 0.15) is 58.8 Å². The molecule has 4 heteroatoms. The van der Waals surface area contributed by atoms with Crippen molar-refractivity contribution in [3.63, 3.8) is 0 Å². The smallest absolute Gasteiger partial charge is 0.220 e. The molecule has 0 saturated heterocycles. The van der Waals surface area contributed by atoms with E-state index in [1.165, 1.54) is 12.8 Å². The van der Waals surface area contributed by atoms with E-state index in [4.69, 9.17) is 9.47 Å². The van der Waals surface area contributed by atoms with E-state index in [9.17, 15) is 4.79 Å². The zero-order valence-electron chi connectivity index (χ0n) is 12.2. The minimum Gasteiger partial charge on any atom is -0.351 e. The van der Waals surface area contributed by atoms with Crippen LogP contribution in [0.2, 0.25) is 0 Å². The third-order valence-electron chi connectivity index (χ3n) is 4.31. The first-order chi connectivity index (χ1) is 8.53. The van der Waals surface area contributed by atoms with Gasteiger partial charge in [0.15, 0.2) is 5.79 Å². The van der Waals surface area contributed by atoms with Crippen molar-refractivity contribution < 1.29 is 14.3 Å². The molecule has 1 saturated carbocycles. The largest absolute Gasteiger partial charge is 0.351 e. The Bertz CT molecular complexity index is 266. The maximum absolute atomic E-state index is 11.9. The van der Waals surface area contributed by atoms with Gasteiger partial charge in [0.05, 0.1) is 5.54 Å². The number of nitrogens with one attached hydrogen (secondary N) is 1. The maximum atomic E-state index is 11.9. The molecule has 1 fully saturated rings. The summed E-state index contributed by atoms with van der Waals surface area (Å²) in [5.41, 5.74) is -0.403. The first kappa shape index (κ1) is 15.4. The summed E-state index contributed by atoms with van der Waals surface area (Å²) in [6.45, 7) is 3.80. The normalized spacial score (nSPS) is 20.2. The molecular weight excluding hydrogens is 230 g/mol. The van der Waals surface area contributed by atoms with E-state index >= 15 is 0 Å². The van der Waals surface area contributed by atoms with Crippen LogP contribution in [-0.2, 0) is 14.3 Å². The van der Waals surface area contributed by atoms with Crippen molar-refractivity contribution in [2.45, 2.75) is 70.1 Å². The molecule has 0 unspecified atom stereocenters. The predicted octanol–water partition coefficient (Wildman–Crippen LogP) is 2.61. The number of methoxy groups -OCH3 is 2. The molecule has 1 N–H and O–H groups in total. The van der Waals surface area contributed by atoms with Crippen LogP contribution < -0.4 is 5.32 Å². The van der Waals surface area contributed by atoms with Crippen molar-refractivity contribution in [2.75, 3.05) is 14.2 Å². The van der Waals surface area contributed by atoms with E-state index < -0.39 is 11.3 Å². The highest BCUT2D eigenvalue weighted by molar-refractivity contribution is 5.76. The van der Waals surface area contributed by atoms with Crippen LogP contribution in [0.4, 0.5) is 0 Å². The highest BCUT2D eigenvalue weighted by atomic mass is 16.7. The predicted molar refractivity (Wildman–Crippen MR) is 71.3 cm³/mol. The summed E-state index contributed by atoms with van der Waals surface area (Å²) in [6, 6.07) is 0. The van der Waals surface area contributed by atoms with Crippen LogP contribution >= 0.6 is 0 Å². The monoisotopic (exact) mass is 257 g/mol. The van der Waals surface area contributed by atoms with Gasteiger partial charge in [0.2, 0.25) is 5.91 Å². The quantitative estimate of drug-likeness (QED) is 0.608. The number of carbonyl (C=O) groups excluding carboxylic acids is 1. The molecule has 4 nitrogen and oxygen atoms in total. The van der Waals surface area contributed by atoms with Gasteiger partial charge in [-0.25, -0.2) is 0 Å². The Labute approximate surface area is 110 Å². The zero-order valence-corrected chi connectivity index (χ0v) is 12.2. The minimum atomic E-state index is -0.762. The van der Waals surface area contributed by atoms with E-state index in [2.05, 4.69) is 5.32 Å². The van der Waals surface area contributed by atoms with Gasteiger partial charge in [-0.05, 0) is 19.8 Å². The summed E-state index contributed by atoms with van der Waals surface area (Å²) in [7, 11) is 3.29. The molecule has 1 aliphatic rings. The Morgan fingerprint density at radius 1 is 1.17 bits per heavy atom. The lowest BCUT2D eigenvalue weighted by Gasteiger charge is -2.46. The van der Waals surface area contributed by atoms with Gasteiger partial charge in [-0.1, -0.05) is 32.6 Å². The Morgan fingerprint density at radius 3 is 2.06 bits per heavy atom. The van der Waals surface area contributed by atoms with Gasteiger partial charge in [0.1, 0.15) is 0 Å². The first-order valence-electron chi connectivity index (χ1n) is 6.95. The van der Waals surface area contributed by atoms with Crippen molar-refractivity contribution in [2.24, 2.45) is 0 Å². The molecule has 0 radical (unpaired) electrons. The van der Waals surface area contributed by atoms with E-state index in [0.717, 1.165) is 25.7 Å². The zero-order chi connectivity index (χ0) is 13.6. The second-order valence-electron chi connectivity index (χ2n) is 5.25. The number of hydrogen-bond acceptors (Lipinski definition) is 3. The number of hydrogen-bond donors (Lipinski definition) is 1. The van der Waals surface area contributed by atoms with Crippen molar-refractivity contribution in [1.82, 2.24) is 5.32 Å². The average Bonchev–Trinajstić information content (AvgIpc) is 2.64. The van der Waals surface area contributed by atoms with Gasteiger partial charge >= 0.3 is 0 Å². The summed E-state index contributed by atoms with van der Waals surface area (Å²) in [4.78, 5) is 11.9. The molecule has 0 bridgehead atoms. The van der Waals surface area contributed by atoms with Crippen LogP contribution in [-0.4, -0.2) is 31.5 Å². The molecule has 106 valence electrons. The lowest BCUT2D eigenvalue weighted by molar-refractivity contribution is -0.245. The minimum absolute atomic E-state index is 0.0669. The van der Waals surface area contributed by atoms with Crippen LogP contribution in [0.25, 0.3) is 0 Å². The molecule has 0 aromatic rings. The van der Waals surface area contributed by atoms with Crippen molar-refractivity contribution in [3.8, 4) is 0 Å². The Hall–Kier alpha value is -0.610. The highest BCUT2D eigenvalue weighted by Gasteiger charge is 2.49. The van der Waals surface area contributed by atoms with Gasteiger partial charge in [-0.2, -0.15) is 0 Å². The second-order valence-corrected chi connectivity index (χ2v) is 5.25. The lowest BCUT2D eigenvalue weighted by atomic mass is 9.81. The fourth-order valence-corrected chi connectivity index (χ4v) is 2.85. The Kier molecular flexibility index (Phi) is 5.60. The van der Waals surface area contributed by atoms with E-state index in [1.54, 1.807) is 14.2 Å². The van der Waals surface area contributed by atoms with Crippen molar-refractivity contribution >= 4 is 5.91 Å². The molecule has 0 aromatic heterocycles. The molecule has 0 spiro atoms. The molecule has 0 atom stereocenters. The molecule has 18 heavy (non-hydrogen) atoms. The van der Waals surface area contributed by atoms with Gasteiger partial charge < -0.3 is 14.8 Å². The first-order valence-corrected chi connectivity index (χ1v) is 6.95. The Balaban J connectivity index is 3.01. The Morgan fingerprint density at radius 2 is 1.67 bits per heavy atom. The van der Waals surface area contributed by atoms with Crippen LogP contribution in [0.3, 0.4) is 0 Å². The van der Waals surface area contributed by atoms with Crippen molar-refractivity contribution in [3.05, 3.63) is 0 Å². The van der Waals surface area contributed by atoms with Gasteiger partial charge in [-0.15, -0.1) is 0 Å². The van der Waals surface area contributed by atoms with Gasteiger partial charge in [-0.3, -0.25) is 4.79 Å². The lowest BCUT2D eigenvalue weighted by Crippen LogP contribution is -2.64. The van der Waals surface area contributed by atoms with Crippen LogP contribution in [0.5, 0.6) is 0 Å². The summed E-state index contributed by atoms with van der Waals surface area (Å²) in [5.74, 6) is -0.695.